The van der Waals surface area contributed by atoms with Crippen LogP contribution in [0.25, 0.3) is 16.7 Å². The maximum Gasteiger partial charge on any atom is 0.262 e. The van der Waals surface area contributed by atoms with Gasteiger partial charge in [-0.1, -0.05) is 49.9 Å². The fourth-order valence-electron chi connectivity index (χ4n) is 3.36. The summed E-state index contributed by atoms with van der Waals surface area (Å²) in [6, 6.07) is 14.1. The molecule has 0 aliphatic carbocycles. The Bertz CT molecular complexity index is 1210. The Kier molecular flexibility index (Phi) is 5.41. The summed E-state index contributed by atoms with van der Waals surface area (Å²) in [5, 5.41) is 10.2. The van der Waals surface area contributed by atoms with Crippen LogP contribution in [0.2, 0.25) is 0 Å². The van der Waals surface area contributed by atoms with Crippen molar-refractivity contribution in [3.8, 4) is 0 Å². The van der Waals surface area contributed by atoms with Gasteiger partial charge < -0.3 is 0 Å². The van der Waals surface area contributed by atoms with Crippen molar-refractivity contribution in [3.05, 3.63) is 70.3 Å². The molecule has 0 unspecified atom stereocenters. The molecule has 4 rings (SSSR count). The van der Waals surface area contributed by atoms with Crippen molar-refractivity contribution >= 4 is 28.4 Å². The van der Waals surface area contributed by atoms with Gasteiger partial charge in [-0.3, -0.25) is 13.8 Å². The molecule has 4 aromatic rings. The van der Waals surface area contributed by atoms with Crippen molar-refractivity contribution in [1.82, 2.24) is 19.2 Å². The number of nitrogens with zero attached hydrogens (tertiary/aromatic N) is 4. The number of halogens is 1. The van der Waals surface area contributed by atoms with Crippen LogP contribution in [0.4, 0.5) is 4.39 Å². The highest BCUT2D eigenvalue weighted by Crippen LogP contribution is 2.34. The molecule has 1 atom stereocenters. The summed E-state index contributed by atoms with van der Waals surface area (Å²) in [5.74, 6) is 0.783. The molecular formula is C22H23FN4OS. The van der Waals surface area contributed by atoms with E-state index in [-0.39, 0.29) is 16.6 Å². The van der Waals surface area contributed by atoms with Gasteiger partial charge in [-0.05, 0) is 49.1 Å². The molecule has 0 fully saturated rings. The Morgan fingerprint density at radius 3 is 2.48 bits per heavy atom. The lowest BCUT2D eigenvalue weighted by Crippen LogP contribution is -2.24. The molecule has 0 bridgehead atoms. The molecule has 0 aliphatic heterocycles. The maximum atomic E-state index is 13.3. The minimum absolute atomic E-state index is 0.0377. The Labute approximate surface area is 172 Å². The molecule has 5 nitrogen and oxygen atoms in total. The van der Waals surface area contributed by atoms with Crippen molar-refractivity contribution in [2.45, 2.75) is 44.1 Å². The van der Waals surface area contributed by atoms with Gasteiger partial charge in [0.05, 0.1) is 10.9 Å². The minimum Gasteiger partial charge on any atom is -0.276 e. The molecule has 0 amide bonds. The molecule has 7 heteroatoms. The van der Waals surface area contributed by atoms with E-state index in [4.69, 9.17) is 0 Å². The number of fused-ring (bicyclic) bond motifs is 3. The molecule has 29 heavy (non-hydrogen) atoms. The SMILES string of the molecule is CC(C)CCn1c(=O)c2ccccc2n2c(S[C@H](C)c3ccc(F)cc3)nnc12. The fraction of sp³-hybridized carbons (Fsp3) is 0.318. The normalized spacial score (nSPS) is 12.9. The number of aryl methyl sites for hydroxylation is 1. The first-order chi connectivity index (χ1) is 14.0. The van der Waals surface area contributed by atoms with Gasteiger partial charge in [-0.15, -0.1) is 10.2 Å². The van der Waals surface area contributed by atoms with Gasteiger partial charge >= 0.3 is 0 Å². The van der Waals surface area contributed by atoms with Crippen molar-refractivity contribution in [2.24, 2.45) is 5.92 Å². The number of hydrogen-bond donors (Lipinski definition) is 0. The summed E-state index contributed by atoms with van der Waals surface area (Å²) >= 11 is 1.54. The smallest absolute Gasteiger partial charge is 0.262 e. The molecule has 2 aromatic heterocycles. The van der Waals surface area contributed by atoms with E-state index in [0.717, 1.165) is 17.5 Å². The molecular weight excluding hydrogens is 387 g/mol. The predicted octanol–water partition coefficient (Wildman–Crippen LogP) is 5.08. The van der Waals surface area contributed by atoms with E-state index in [0.29, 0.717) is 28.8 Å². The van der Waals surface area contributed by atoms with E-state index in [1.807, 2.05) is 28.7 Å². The topological polar surface area (TPSA) is 52.2 Å². The molecule has 0 saturated carbocycles. The zero-order valence-electron chi connectivity index (χ0n) is 16.7. The summed E-state index contributed by atoms with van der Waals surface area (Å²) < 4.78 is 16.9. The highest BCUT2D eigenvalue weighted by Gasteiger charge is 2.19. The third-order valence-corrected chi connectivity index (χ3v) is 6.13. The van der Waals surface area contributed by atoms with Gasteiger partial charge in [-0.2, -0.15) is 0 Å². The summed E-state index contributed by atoms with van der Waals surface area (Å²) in [5.41, 5.74) is 1.77. The summed E-state index contributed by atoms with van der Waals surface area (Å²) in [6.45, 7) is 6.93. The summed E-state index contributed by atoms with van der Waals surface area (Å²) in [6.07, 6.45) is 0.884. The lowest BCUT2D eigenvalue weighted by molar-refractivity contribution is 0.512. The van der Waals surface area contributed by atoms with E-state index in [2.05, 4.69) is 31.0 Å². The number of hydrogen-bond acceptors (Lipinski definition) is 4. The lowest BCUT2D eigenvalue weighted by Gasteiger charge is -2.14. The Morgan fingerprint density at radius 2 is 1.76 bits per heavy atom. The number of thioether (sulfide) groups is 1. The van der Waals surface area contributed by atoms with Gasteiger partial charge in [0.2, 0.25) is 5.78 Å². The first kappa shape index (κ1) is 19.6. The average Bonchev–Trinajstić information content (AvgIpc) is 3.11. The third-order valence-electron chi connectivity index (χ3n) is 5.03. The first-order valence-corrected chi connectivity index (χ1v) is 10.6. The number of rotatable bonds is 6. The van der Waals surface area contributed by atoms with Crippen LogP contribution in [0.5, 0.6) is 0 Å². The second kappa shape index (κ2) is 7.99. The Balaban J connectivity index is 1.83. The van der Waals surface area contributed by atoms with E-state index in [1.165, 1.54) is 12.1 Å². The van der Waals surface area contributed by atoms with Crippen LogP contribution in [0.1, 0.15) is 38.0 Å². The van der Waals surface area contributed by atoms with E-state index < -0.39 is 0 Å². The minimum atomic E-state index is -0.251. The zero-order chi connectivity index (χ0) is 20.5. The van der Waals surface area contributed by atoms with Gasteiger partial charge in [0, 0.05) is 11.8 Å². The maximum absolute atomic E-state index is 13.3. The quantitative estimate of drug-likeness (QED) is 0.416. The predicted molar refractivity (Wildman–Crippen MR) is 115 cm³/mol. The van der Waals surface area contributed by atoms with Gasteiger partial charge in [0.25, 0.3) is 5.56 Å². The van der Waals surface area contributed by atoms with Crippen LogP contribution in [-0.4, -0.2) is 19.2 Å². The zero-order valence-corrected chi connectivity index (χ0v) is 17.5. The molecule has 150 valence electrons. The molecule has 2 heterocycles. The van der Waals surface area contributed by atoms with Crippen LogP contribution in [0.3, 0.4) is 0 Å². The van der Waals surface area contributed by atoms with E-state index >= 15 is 0 Å². The largest absolute Gasteiger partial charge is 0.276 e. The highest BCUT2D eigenvalue weighted by atomic mass is 32.2. The molecule has 0 radical (unpaired) electrons. The van der Waals surface area contributed by atoms with Crippen LogP contribution in [0, 0.1) is 11.7 Å². The van der Waals surface area contributed by atoms with E-state index in [9.17, 15) is 9.18 Å². The van der Waals surface area contributed by atoms with Gasteiger partial charge in [-0.25, -0.2) is 4.39 Å². The lowest BCUT2D eigenvalue weighted by atomic mass is 10.1. The second-order valence-electron chi connectivity index (χ2n) is 7.59. The number of benzene rings is 2. The Morgan fingerprint density at radius 1 is 1.03 bits per heavy atom. The van der Waals surface area contributed by atoms with Crippen LogP contribution in [0.15, 0.2) is 58.5 Å². The van der Waals surface area contributed by atoms with Crippen LogP contribution < -0.4 is 5.56 Å². The number of aromatic nitrogens is 4. The third kappa shape index (κ3) is 3.79. The average molecular weight is 411 g/mol. The van der Waals surface area contributed by atoms with Crippen LogP contribution in [-0.2, 0) is 6.54 Å². The van der Waals surface area contributed by atoms with Crippen molar-refractivity contribution in [3.63, 3.8) is 0 Å². The van der Waals surface area contributed by atoms with Crippen LogP contribution >= 0.6 is 11.8 Å². The number of para-hydroxylation sites is 1. The van der Waals surface area contributed by atoms with Gasteiger partial charge in [0.1, 0.15) is 5.82 Å². The van der Waals surface area contributed by atoms with Crippen molar-refractivity contribution in [1.29, 1.82) is 0 Å². The Hall–Kier alpha value is -2.67. The standard InChI is InChI=1S/C22H23FN4OS/c1-14(2)12-13-26-20(28)18-6-4-5-7-19(18)27-21(26)24-25-22(27)29-15(3)16-8-10-17(23)11-9-16/h4-11,14-15H,12-13H2,1-3H3/t15-/m1/s1. The summed E-state index contributed by atoms with van der Waals surface area (Å²) in [4.78, 5) is 13.1. The fourth-order valence-corrected chi connectivity index (χ4v) is 4.34. The van der Waals surface area contributed by atoms with Crippen molar-refractivity contribution in [2.75, 3.05) is 0 Å². The summed E-state index contributed by atoms with van der Waals surface area (Å²) in [7, 11) is 0. The van der Waals surface area contributed by atoms with Crippen molar-refractivity contribution < 1.29 is 4.39 Å². The molecule has 0 saturated heterocycles. The monoisotopic (exact) mass is 410 g/mol. The highest BCUT2D eigenvalue weighted by molar-refractivity contribution is 7.99. The molecule has 2 aromatic carbocycles. The molecule has 0 spiro atoms. The van der Waals surface area contributed by atoms with Gasteiger partial charge in [0.15, 0.2) is 5.16 Å². The molecule has 0 aliphatic rings. The first-order valence-electron chi connectivity index (χ1n) is 9.74. The second-order valence-corrected chi connectivity index (χ2v) is 8.89. The molecule has 0 N–H and O–H groups in total. The van der Waals surface area contributed by atoms with E-state index in [1.54, 1.807) is 28.5 Å².